The molecule has 0 unspecified atom stereocenters. The quantitative estimate of drug-likeness (QED) is 0.489. The molecule has 0 saturated carbocycles. The third-order valence-corrected chi connectivity index (χ3v) is 4.74. The van der Waals surface area contributed by atoms with Gasteiger partial charge in [-0.25, -0.2) is 4.98 Å². The summed E-state index contributed by atoms with van der Waals surface area (Å²) in [4.78, 5) is 20.8. The van der Waals surface area contributed by atoms with Crippen LogP contribution < -0.4 is 10.1 Å². The first kappa shape index (κ1) is 20.1. The maximum Gasteiger partial charge on any atom is 0.274 e. The van der Waals surface area contributed by atoms with Crippen LogP contribution in [0.4, 0.5) is 0 Å². The number of methoxy groups -OCH3 is 1. The summed E-state index contributed by atoms with van der Waals surface area (Å²) in [6.07, 6.45) is 1.38. The highest BCUT2D eigenvalue weighted by molar-refractivity contribution is 5.95. The van der Waals surface area contributed by atoms with Crippen LogP contribution in [0, 0.1) is 0 Å². The molecule has 31 heavy (non-hydrogen) atoms. The van der Waals surface area contributed by atoms with Crippen LogP contribution in [0.3, 0.4) is 0 Å². The van der Waals surface area contributed by atoms with Crippen molar-refractivity contribution in [2.24, 2.45) is 0 Å². The zero-order chi connectivity index (χ0) is 21.8. The molecule has 0 aliphatic rings. The number of pyridine rings is 1. The van der Waals surface area contributed by atoms with Crippen molar-refractivity contribution in [3.63, 3.8) is 0 Å². The molecule has 2 aromatic carbocycles. The predicted molar refractivity (Wildman–Crippen MR) is 114 cm³/mol. The SMILES string of the molecule is COc1ccnc(C(=O)N[C@@H](C)c2noc(-c3ccc(-c4ccccc4)cc3)n2)c1O. The van der Waals surface area contributed by atoms with E-state index in [1.165, 1.54) is 19.4 Å². The number of aromatic nitrogens is 3. The fourth-order valence-corrected chi connectivity index (χ4v) is 3.06. The average molecular weight is 416 g/mol. The third kappa shape index (κ3) is 4.23. The number of nitrogens with one attached hydrogen (secondary N) is 1. The molecule has 0 saturated heterocycles. The molecule has 1 atom stereocenters. The molecule has 2 heterocycles. The van der Waals surface area contributed by atoms with Gasteiger partial charge < -0.3 is 19.7 Å². The normalized spacial score (nSPS) is 11.7. The summed E-state index contributed by atoms with van der Waals surface area (Å²) in [7, 11) is 1.40. The Bertz CT molecular complexity index is 1190. The Morgan fingerprint density at radius 2 is 1.71 bits per heavy atom. The van der Waals surface area contributed by atoms with Crippen molar-refractivity contribution in [3.8, 4) is 34.1 Å². The number of ether oxygens (including phenoxy) is 1. The van der Waals surface area contributed by atoms with Crippen LogP contribution in [0.15, 0.2) is 71.4 Å². The molecule has 0 radical (unpaired) electrons. The van der Waals surface area contributed by atoms with E-state index in [2.05, 4.69) is 20.4 Å². The minimum Gasteiger partial charge on any atom is -0.503 e. The summed E-state index contributed by atoms with van der Waals surface area (Å²) >= 11 is 0. The van der Waals surface area contributed by atoms with Gasteiger partial charge in [0.1, 0.15) is 0 Å². The molecule has 1 amide bonds. The van der Waals surface area contributed by atoms with Crippen molar-refractivity contribution in [3.05, 3.63) is 78.4 Å². The summed E-state index contributed by atoms with van der Waals surface area (Å²) in [5.41, 5.74) is 2.82. The summed E-state index contributed by atoms with van der Waals surface area (Å²) in [6, 6.07) is 18.7. The summed E-state index contributed by atoms with van der Waals surface area (Å²) < 4.78 is 10.4. The number of hydrogen-bond acceptors (Lipinski definition) is 7. The topological polar surface area (TPSA) is 110 Å². The van der Waals surface area contributed by atoms with E-state index in [1.54, 1.807) is 6.92 Å². The van der Waals surface area contributed by atoms with Crippen LogP contribution in [0.1, 0.15) is 29.3 Å². The van der Waals surface area contributed by atoms with Gasteiger partial charge in [-0.05, 0) is 30.2 Å². The molecule has 2 N–H and O–H groups in total. The molecule has 0 bridgehead atoms. The lowest BCUT2D eigenvalue weighted by molar-refractivity contribution is 0.0929. The van der Waals surface area contributed by atoms with Gasteiger partial charge in [0.05, 0.1) is 13.2 Å². The highest BCUT2D eigenvalue weighted by atomic mass is 16.5. The minimum atomic E-state index is -0.581. The third-order valence-electron chi connectivity index (χ3n) is 4.74. The maximum absolute atomic E-state index is 12.5. The van der Waals surface area contributed by atoms with E-state index in [9.17, 15) is 9.90 Å². The van der Waals surface area contributed by atoms with Crippen molar-refractivity contribution in [2.45, 2.75) is 13.0 Å². The standard InChI is InChI=1S/C23H20N4O4/c1-14(25-22(29)19-20(28)18(30-2)12-13-24-19)21-26-23(31-27-21)17-10-8-16(9-11-17)15-6-4-3-5-7-15/h3-14,28H,1-2H3,(H,25,29)/t14-/m0/s1. The molecular formula is C23H20N4O4. The second-order valence-corrected chi connectivity index (χ2v) is 6.81. The van der Waals surface area contributed by atoms with E-state index < -0.39 is 11.9 Å². The molecule has 0 spiro atoms. The Balaban J connectivity index is 1.48. The first-order valence-corrected chi connectivity index (χ1v) is 9.59. The molecule has 0 aliphatic heterocycles. The van der Waals surface area contributed by atoms with E-state index in [0.29, 0.717) is 11.7 Å². The van der Waals surface area contributed by atoms with Crippen LogP contribution in [0.2, 0.25) is 0 Å². The number of carbonyl (C=O) groups excluding carboxylic acids is 1. The van der Waals surface area contributed by atoms with E-state index in [-0.39, 0.29) is 17.2 Å². The molecule has 4 aromatic rings. The van der Waals surface area contributed by atoms with Crippen LogP contribution in [0.25, 0.3) is 22.6 Å². The number of aromatic hydroxyl groups is 1. The van der Waals surface area contributed by atoms with Crippen LogP contribution >= 0.6 is 0 Å². The molecule has 0 aliphatic carbocycles. The maximum atomic E-state index is 12.5. The summed E-state index contributed by atoms with van der Waals surface area (Å²) in [5, 5.41) is 16.8. The molecule has 156 valence electrons. The van der Waals surface area contributed by atoms with Crippen molar-refractivity contribution in [1.82, 2.24) is 20.4 Å². The largest absolute Gasteiger partial charge is 0.503 e. The van der Waals surface area contributed by atoms with Gasteiger partial charge in [0.15, 0.2) is 23.0 Å². The number of rotatable bonds is 6. The fourth-order valence-electron chi connectivity index (χ4n) is 3.06. The molecular weight excluding hydrogens is 396 g/mol. The van der Waals surface area contributed by atoms with E-state index in [0.717, 1.165) is 16.7 Å². The van der Waals surface area contributed by atoms with E-state index in [1.807, 2.05) is 54.6 Å². The number of hydrogen-bond donors (Lipinski definition) is 2. The summed E-state index contributed by atoms with van der Waals surface area (Å²) in [5.74, 6) is -0.103. The van der Waals surface area contributed by atoms with Crippen LogP contribution in [-0.4, -0.2) is 33.2 Å². The lowest BCUT2D eigenvalue weighted by Crippen LogP contribution is -2.28. The van der Waals surface area contributed by atoms with Crippen molar-refractivity contribution in [2.75, 3.05) is 7.11 Å². The zero-order valence-electron chi connectivity index (χ0n) is 16.9. The van der Waals surface area contributed by atoms with E-state index >= 15 is 0 Å². The lowest BCUT2D eigenvalue weighted by atomic mass is 10.0. The van der Waals surface area contributed by atoms with Crippen molar-refractivity contribution < 1.29 is 19.2 Å². The van der Waals surface area contributed by atoms with Crippen molar-refractivity contribution in [1.29, 1.82) is 0 Å². The van der Waals surface area contributed by atoms with Crippen LogP contribution in [0.5, 0.6) is 11.5 Å². The monoisotopic (exact) mass is 416 g/mol. The predicted octanol–water partition coefficient (Wildman–Crippen LogP) is 4.00. The molecule has 8 heteroatoms. The average Bonchev–Trinajstić information content (AvgIpc) is 3.30. The molecule has 2 aromatic heterocycles. The fraction of sp³-hybridized carbons (Fsp3) is 0.130. The van der Waals surface area contributed by atoms with Gasteiger partial charge in [0.2, 0.25) is 0 Å². The first-order chi connectivity index (χ1) is 15.1. The van der Waals surface area contributed by atoms with Gasteiger partial charge in [-0.2, -0.15) is 4.98 Å². The van der Waals surface area contributed by atoms with Crippen molar-refractivity contribution >= 4 is 5.91 Å². The van der Waals surface area contributed by atoms with Gasteiger partial charge in [0.25, 0.3) is 11.8 Å². The Morgan fingerprint density at radius 3 is 2.42 bits per heavy atom. The molecule has 0 fully saturated rings. The summed E-state index contributed by atoms with van der Waals surface area (Å²) in [6.45, 7) is 1.71. The Morgan fingerprint density at radius 1 is 1.03 bits per heavy atom. The zero-order valence-corrected chi connectivity index (χ0v) is 16.9. The highest BCUT2D eigenvalue weighted by Gasteiger charge is 2.22. The molecule has 8 nitrogen and oxygen atoms in total. The number of carbonyl (C=O) groups is 1. The smallest absolute Gasteiger partial charge is 0.274 e. The lowest BCUT2D eigenvalue weighted by Gasteiger charge is -2.11. The number of benzene rings is 2. The van der Waals surface area contributed by atoms with Gasteiger partial charge in [-0.3, -0.25) is 4.79 Å². The Kier molecular flexibility index (Phi) is 5.61. The van der Waals surface area contributed by atoms with Crippen LogP contribution in [-0.2, 0) is 0 Å². The highest BCUT2D eigenvalue weighted by Crippen LogP contribution is 2.28. The van der Waals surface area contributed by atoms with Gasteiger partial charge >= 0.3 is 0 Å². The molecule has 4 rings (SSSR count). The minimum absolute atomic E-state index is 0.147. The Labute approximate surface area is 178 Å². The van der Waals surface area contributed by atoms with Gasteiger partial charge in [-0.15, -0.1) is 0 Å². The number of nitrogens with zero attached hydrogens (tertiary/aromatic N) is 3. The van der Waals surface area contributed by atoms with E-state index in [4.69, 9.17) is 9.26 Å². The van der Waals surface area contributed by atoms with Gasteiger partial charge in [-0.1, -0.05) is 47.6 Å². The second-order valence-electron chi connectivity index (χ2n) is 6.81. The first-order valence-electron chi connectivity index (χ1n) is 9.59. The second kappa shape index (κ2) is 8.66. The Hall–Kier alpha value is -4.20. The number of amides is 1. The van der Waals surface area contributed by atoms with Gasteiger partial charge in [0, 0.05) is 17.8 Å².